The number of hydrogen-bond donors (Lipinski definition) is 0. The highest BCUT2D eigenvalue weighted by molar-refractivity contribution is 5.94. The zero-order chi connectivity index (χ0) is 20.8. The molecule has 1 fully saturated rings. The molecule has 2 aromatic rings. The topological polar surface area (TPSA) is 58.6 Å². The average molecular weight is 397 g/mol. The SMILES string of the molecule is COc1ccccc1CCN1CCC(CN(C)C(=O)c2cnc(C)nc2C)CC1. The summed E-state index contributed by atoms with van der Waals surface area (Å²) in [4.78, 5) is 25.6. The Morgan fingerprint density at radius 2 is 1.97 bits per heavy atom. The first-order valence-corrected chi connectivity index (χ1v) is 10.4. The van der Waals surface area contributed by atoms with Gasteiger partial charge in [-0.25, -0.2) is 9.97 Å². The van der Waals surface area contributed by atoms with Crippen LogP contribution in [0.3, 0.4) is 0 Å². The van der Waals surface area contributed by atoms with Crippen LogP contribution in [0.25, 0.3) is 0 Å². The minimum atomic E-state index is 0.0149. The molecule has 6 heteroatoms. The summed E-state index contributed by atoms with van der Waals surface area (Å²) in [6.07, 6.45) is 4.89. The van der Waals surface area contributed by atoms with Crippen LogP contribution in [0.5, 0.6) is 5.75 Å². The van der Waals surface area contributed by atoms with Crippen molar-refractivity contribution in [2.24, 2.45) is 5.92 Å². The summed E-state index contributed by atoms with van der Waals surface area (Å²) in [6, 6.07) is 8.24. The second-order valence-electron chi connectivity index (χ2n) is 7.95. The molecule has 0 bridgehead atoms. The van der Waals surface area contributed by atoms with Crippen molar-refractivity contribution in [2.75, 3.05) is 40.3 Å². The van der Waals surface area contributed by atoms with Gasteiger partial charge in [0.1, 0.15) is 11.6 Å². The summed E-state index contributed by atoms with van der Waals surface area (Å²) in [5, 5.41) is 0. The number of ether oxygens (including phenoxy) is 1. The van der Waals surface area contributed by atoms with Crippen molar-refractivity contribution >= 4 is 5.91 Å². The minimum Gasteiger partial charge on any atom is -0.496 e. The summed E-state index contributed by atoms with van der Waals surface area (Å²) in [5.41, 5.74) is 2.62. The van der Waals surface area contributed by atoms with E-state index in [0.29, 0.717) is 17.3 Å². The minimum absolute atomic E-state index is 0.0149. The smallest absolute Gasteiger partial charge is 0.257 e. The maximum absolute atomic E-state index is 12.8. The van der Waals surface area contributed by atoms with Crippen LogP contribution in [0.15, 0.2) is 30.5 Å². The lowest BCUT2D eigenvalue weighted by molar-refractivity contribution is 0.0738. The van der Waals surface area contributed by atoms with Gasteiger partial charge in [-0.1, -0.05) is 18.2 Å². The third-order valence-electron chi connectivity index (χ3n) is 5.81. The van der Waals surface area contributed by atoms with E-state index in [0.717, 1.165) is 56.9 Å². The maximum Gasteiger partial charge on any atom is 0.257 e. The van der Waals surface area contributed by atoms with Gasteiger partial charge < -0.3 is 14.5 Å². The van der Waals surface area contributed by atoms with Crippen molar-refractivity contribution in [2.45, 2.75) is 33.1 Å². The van der Waals surface area contributed by atoms with Crippen molar-refractivity contribution < 1.29 is 9.53 Å². The largest absolute Gasteiger partial charge is 0.496 e. The van der Waals surface area contributed by atoms with Crippen LogP contribution in [-0.4, -0.2) is 66.0 Å². The molecule has 0 N–H and O–H groups in total. The molecule has 1 aromatic heterocycles. The number of hydrogen-bond acceptors (Lipinski definition) is 5. The Labute approximate surface area is 173 Å². The molecule has 1 amide bonds. The molecule has 6 nitrogen and oxygen atoms in total. The molecule has 1 aliphatic rings. The van der Waals surface area contributed by atoms with Gasteiger partial charge >= 0.3 is 0 Å². The molecule has 0 unspecified atom stereocenters. The Hall–Kier alpha value is -2.47. The first kappa shape index (κ1) is 21.2. The summed E-state index contributed by atoms with van der Waals surface area (Å²) < 4.78 is 5.45. The van der Waals surface area contributed by atoms with Crippen molar-refractivity contribution in [3.63, 3.8) is 0 Å². The molecule has 156 valence electrons. The Morgan fingerprint density at radius 1 is 1.24 bits per heavy atom. The molecule has 29 heavy (non-hydrogen) atoms. The van der Waals surface area contributed by atoms with E-state index >= 15 is 0 Å². The molecule has 0 atom stereocenters. The van der Waals surface area contributed by atoms with Crippen LogP contribution < -0.4 is 4.74 Å². The van der Waals surface area contributed by atoms with Gasteiger partial charge in [0.2, 0.25) is 0 Å². The van der Waals surface area contributed by atoms with E-state index < -0.39 is 0 Å². The summed E-state index contributed by atoms with van der Waals surface area (Å²) in [5.74, 6) is 2.22. The number of para-hydroxylation sites is 1. The average Bonchev–Trinajstić information content (AvgIpc) is 2.73. The predicted octanol–water partition coefficient (Wildman–Crippen LogP) is 3.13. The summed E-state index contributed by atoms with van der Waals surface area (Å²) >= 11 is 0. The Morgan fingerprint density at radius 3 is 2.66 bits per heavy atom. The lowest BCUT2D eigenvalue weighted by Gasteiger charge is -2.34. The van der Waals surface area contributed by atoms with Gasteiger partial charge in [-0.15, -0.1) is 0 Å². The molecular weight excluding hydrogens is 364 g/mol. The van der Waals surface area contributed by atoms with Gasteiger partial charge in [-0.05, 0) is 63.7 Å². The van der Waals surface area contributed by atoms with Gasteiger partial charge in [0.05, 0.1) is 18.4 Å². The van der Waals surface area contributed by atoms with E-state index in [1.54, 1.807) is 13.3 Å². The van der Waals surface area contributed by atoms with Gasteiger partial charge in [-0.3, -0.25) is 4.79 Å². The fraction of sp³-hybridized carbons (Fsp3) is 0.522. The monoisotopic (exact) mass is 396 g/mol. The first-order chi connectivity index (χ1) is 14.0. The summed E-state index contributed by atoms with van der Waals surface area (Å²) in [6.45, 7) is 7.69. The van der Waals surface area contributed by atoms with E-state index in [1.165, 1.54) is 5.56 Å². The number of carbonyl (C=O) groups excluding carboxylic acids is 1. The fourth-order valence-corrected chi connectivity index (χ4v) is 4.05. The first-order valence-electron chi connectivity index (χ1n) is 10.4. The highest BCUT2D eigenvalue weighted by Crippen LogP contribution is 2.22. The lowest BCUT2D eigenvalue weighted by Crippen LogP contribution is -2.40. The summed E-state index contributed by atoms with van der Waals surface area (Å²) in [7, 11) is 3.61. The standard InChI is InChI=1S/C23H32N4O2/c1-17-21(15-24-18(2)25-17)23(28)26(3)16-19-9-12-27(13-10-19)14-11-20-7-5-6-8-22(20)29-4/h5-8,15,19H,9-14,16H2,1-4H3. The van der Waals surface area contributed by atoms with Crippen molar-refractivity contribution in [1.29, 1.82) is 0 Å². The van der Waals surface area contributed by atoms with Gasteiger partial charge in [0.15, 0.2) is 0 Å². The highest BCUT2D eigenvalue weighted by atomic mass is 16.5. The molecular formula is C23H32N4O2. The number of rotatable bonds is 7. The van der Waals surface area contributed by atoms with Crippen molar-refractivity contribution in [3.8, 4) is 5.75 Å². The number of aromatic nitrogens is 2. The zero-order valence-corrected chi connectivity index (χ0v) is 18.0. The number of aryl methyl sites for hydroxylation is 2. The normalized spacial score (nSPS) is 15.3. The van der Waals surface area contributed by atoms with Gasteiger partial charge in [0.25, 0.3) is 5.91 Å². The van der Waals surface area contributed by atoms with E-state index in [-0.39, 0.29) is 5.91 Å². The quantitative estimate of drug-likeness (QED) is 0.720. The van der Waals surface area contributed by atoms with Gasteiger partial charge in [-0.2, -0.15) is 0 Å². The predicted molar refractivity (Wildman–Crippen MR) is 114 cm³/mol. The third-order valence-corrected chi connectivity index (χ3v) is 5.81. The van der Waals surface area contributed by atoms with Crippen molar-refractivity contribution in [1.82, 2.24) is 19.8 Å². The lowest BCUT2D eigenvalue weighted by atomic mass is 9.95. The van der Waals surface area contributed by atoms with Crippen molar-refractivity contribution in [3.05, 3.63) is 53.1 Å². The molecule has 0 aliphatic carbocycles. The van der Waals surface area contributed by atoms with Crippen LogP contribution in [0.1, 0.15) is 40.3 Å². The second kappa shape index (κ2) is 9.83. The fourth-order valence-electron chi connectivity index (χ4n) is 4.05. The molecule has 0 radical (unpaired) electrons. The van der Waals surface area contributed by atoms with Gasteiger partial charge in [0, 0.05) is 26.3 Å². The van der Waals surface area contributed by atoms with Crippen LogP contribution in [-0.2, 0) is 6.42 Å². The van der Waals surface area contributed by atoms with Crippen LogP contribution in [0.2, 0.25) is 0 Å². The molecule has 3 rings (SSSR count). The number of piperidine rings is 1. The van der Waals surface area contributed by atoms with E-state index in [2.05, 4.69) is 27.0 Å². The Bertz CT molecular complexity index is 831. The number of carbonyl (C=O) groups is 1. The molecule has 1 saturated heterocycles. The Balaban J connectivity index is 1.46. The number of methoxy groups -OCH3 is 1. The zero-order valence-electron chi connectivity index (χ0n) is 18.0. The van der Waals surface area contributed by atoms with E-state index in [9.17, 15) is 4.79 Å². The second-order valence-corrected chi connectivity index (χ2v) is 7.95. The van der Waals surface area contributed by atoms with Crippen LogP contribution in [0.4, 0.5) is 0 Å². The van der Waals surface area contributed by atoms with E-state index in [1.807, 2.05) is 37.9 Å². The van der Waals surface area contributed by atoms with Crippen LogP contribution in [0, 0.1) is 19.8 Å². The molecule has 2 heterocycles. The number of likely N-dealkylation sites (tertiary alicyclic amines) is 1. The molecule has 1 aromatic carbocycles. The van der Waals surface area contributed by atoms with E-state index in [4.69, 9.17) is 4.74 Å². The molecule has 0 saturated carbocycles. The molecule has 1 aliphatic heterocycles. The number of amides is 1. The number of nitrogens with zero attached hydrogens (tertiary/aromatic N) is 4. The number of benzene rings is 1. The van der Waals surface area contributed by atoms with Crippen LogP contribution >= 0.6 is 0 Å². The highest BCUT2D eigenvalue weighted by Gasteiger charge is 2.23. The molecule has 0 spiro atoms. The third kappa shape index (κ3) is 5.54. The Kier molecular flexibility index (Phi) is 7.20. The maximum atomic E-state index is 12.8.